The van der Waals surface area contributed by atoms with Gasteiger partial charge in [0.05, 0.1) is 25.2 Å². The molecule has 0 amide bonds. The molecule has 1 aliphatic heterocycles. The van der Waals surface area contributed by atoms with Crippen molar-refractivity contribution in [1.29, 1.82) is 0 Å². The van der Waals surface area contributed by atoms with Crippen molar-refractivity contribution in [3.63, 3.8) is 0 Å². The number of methoxy groups -OCH3 is 2. The summed E-state index contributed by atoms with van der Waals surface area (Å²) in [4.78, 5) is 26.5. The summed E-state index contributed by atoms with van der Waals surface area (Å²) in [7, 11) is -0.0152. The third-order valence-electron chi connectivity index (χ3n) is 7.55. The van der Waals surface area contributed by atoms with Crippen LogP contribution in [0.2, 0.25) is 0 Å². The van der Waals surface area contributed by atoms with E-state index in [4.69, 9.17) is 9.47 Å². The monoisotopic (exact) mass is 546 g/mol. The highest BCUT2D eigenvalue weighted by Gasteiger charge is 2.52. The Kier molecular flexibility index (Phi) is 7.05. The fourth-order valence-electron chi connectivity index (χ4n) is 5.67. The van der Waals surface area contributed by atoms with Crippen LogP contribution in [-0.2, 0) is 36.1 Å². The molecule has 202 valence electrons. The Morgan fingerprint density at radius 2 is 1.46 bits per heavy atom. The Morgan fingerprint density at radius 3 is 2.08 bits per heavy atom. The molecule has 0 saturated heterocycles. The van der Waals surface area contributed by atoms with E-state index in [1.807, 2.05) is 73.1 Å². The SMILES string of the molecule is COC(=O)C(C(=O)OC)[C@H]1c2c(c3ccccc3n2C)[C@@H](c2ccccc2)CN1S(=O)(=O)c1ccc(C)cc1. The molecule has 4 aromatic rings. The Balaban J connectivity index is 1.86. The second kappa shape index (κ2) is 10.3. The molecular formula is C30H30N2O6S. The van der Waals surface area contributed by atoms with Crippen molar-refractivity contribution < 1.29 is 27.5 Å². The number of esters is 2. The summed E-state index contributed by atoms with van der Waals surface area (Å²) in [6.45, 7) is 1.88. The zero-order chi connectivity index (χ0) is 27.9. The van der Waals surface area contributed by atoms with Gasteiger partial charge in [-0.2, -0.15) is 4.31 Å². The number of rotatable bonds is 6. The van der Waals surface area contributed by atoms with Gasteiger partial charge in [-0.05, 0) is 36.2 Å². The van der Waals surface area contributed by atoms with E-state index >= 15 is 0 Å². The van der Waals surface area contributed by atoms with Crippen LogP contribution in [0.1, 0.15) is 34.3 Å². The number of aromatic nitrogens is 1. The molecule has 0 saturated carbocycles. The summed E-state index contributed by atoms with van der Waals surface area (Å²) in [6, 6.07) is 22.7. The highest BCUT2D eigenvalue weighted by molar-refractivity contribution is 7.89. The standard InChI is InChI=1S/C30H30N2O6S/c1-19-14-16-21(17-15-19)39(35,36)32-18-23(20-10-6-5-7-11-20)25-22-12-8-9-13-24(22)31(2)27(25)28(32)26(29(33)37-3)30(34)38-4/h5-17,23,26,28H,18H2,1-4H3/t23-,28+/m1/s1. The molecule has 0 bridgehead atoms. The topological polar surface area (TPSA) is 94.9 Å². The molecule has 0 N–H and O–H groups in total. The first-order valence-corrected chi connectivity index (χ1v) is 14.0. The third kappa shape index (κ3) is 4.41. The molecule has 3 aromatic carbocycles. The average molecular weight is 547 g/mol. The number of benzene rings is 3. The molecule has 0 fully saturated rings. The molecule has 0 radical (unpaired) electrons. The van der Waals surface area contributed by atoms with Crippen LogP contribution in [0, 0.1) is 12.8 Å². The molecule has 2 atom stereocenters. The van der Waals surface area contributed by atoms with Crippen molar-refractivity contribution in [1.82, 2.24) is 8.87 Å². The average Bonchev–Trinajstić information content (AvgIpc) is 3.26. The summed E-state index contributed by atoms with van der Waals surface area (Å²) in [5.41, 5.74) is 4.11. The highest BCUT2D eigenvalue weighted by Crippen LogP contribution is 2.49. The number of ether oxygens (including phenoxy) is 2. The van der Waals surface area contributed by atoms with E-state index in [1.54, 1.807) is 24.3 Å². The number of nitrogens with zero attached hydrogens (tertiary/aromatic N) is 2. The molecule has 0 spiro atoms. The lowest BCUT2D eigenvalue weighted by molar-refractivity contribution is -0.161. The van der Waals surface area contributed by atoms with Crippen LogP contribution < -0.4 is 0 Å². The molecule has 0 aliphatic carbocycles. The third-order valence-corrected chi connectivity index (χ3v) is 9.41. The van der Waals surface area contributed by atoms with Gasteiger partial charge in [0.1, 0.15) is 0 Å². The minimum Gasteiger partial charge on any atom is -0.468 e. The van der Waals surface area contributed by atoms with Crippen LogP contribution in [0.15, 0.2) is 83.8 Å². The predicted octanol–water partition coefficient (Wildman–Crippen LogP) is 4.33. The number of carbonyl (C=O) groups is 2. The lowest BCUT2D eigenvalue weighted by Gasteiger charge is -2.41. The van der Waals surface area contributed by atoms with Crippen molar-refractivity contribution in [2.24, 2.45) is 13.0 Å². The van der Waals surface area contributed by atoms with Crippen LogP contribution >= 0.6 is 0 Å². The van der Waals surface area contributed by atoms with Crippen molar-refractivity contribution in [3.05, 3.63) is 101 Å². The smallest absolute Gasteiger partial charge is 0.322 e. The zero-order valence-corrected chi connectivity index (χ0v) is 23.0. The lowest BCUT2D eigenvalue weighted by atomic mass is 9.81. The van der Waals surface area contributed by atoms with Gasteiger partial charge in [-0.1, -0.05) is 66.2 Å². The van der Waals surface area contributed by atoms with E-state index in [-0.39, 0.29) is 17.4 Å². The summed E-state index contributed by atoms with van der Waals surface area (Å²) >= 11 is 0. The maximum atomic E-state index is 14.4. The Bertz CT molecular complexity index is 1630. The minimum atomic E-state index is -4.19. The van der Waals surface area contributed by atoms with E-state index in [2.05, 4.69) is 0 Å². The Morgan fingerprint density at radius 1 is 0.872 bits per heavy atom. The number of hydrogen-bond acceptors (Lipinski definition) is 6. The van der Waals surface area contributed by atoms with Crippen molar-refractivity contribution in [2.45, 2.75) is 23.8 Å². The van der Waals surface area contributed by atoms with E-state index in [0.29, 0.717) is 5.69 Å². The van der Waals surface area contributed by atoms with Gasteiger partial charge >= 0.3 is 11.9 Å². The van der Waals surface area contributed by atoms with Gasteiger partial charge < -0.3 is 14.0 Å². The number of para-hydroxylation sites is 1. The van der Waals surface area contributed by atoms with Gasteiger partial charge in [0.15, 0.2) is 5.92 Å². The fourth-order valence-corrected chi connectivity index (χ4v) is 7.29. The van der Waals surface area contributed by atoms with Crippen LogP contribution in [0.25, 0.3) is 10.9 Å². The lowest BCUT2D eigenvalue weighted by Crippen LogP contribution is -2.49. The second-order valence-electron chi connectivity index (χ2n) is 9.69. The van der Waals surface area contributed by atoms with E-state index in [1.165, 1.54) is 18.5 Å². The van der Waals surface area contributed by atoms with Gasteiger partial charge in [-0.25, -0.2) is 8.42 Å². The molecule has 1 aromatic heterocycles. The van der Waals surface area contributed by atoms with Crippen LogP contribution in [0.4, 0.5) is 0 Å². The first-order valence-electron chi connectivity index (χ1n) is 12.6. The summed E-state index contributed by atoms with van der Waals surface area (Å²) in [6.07, 6.45) is 0. The molecule has 39 heavy (non-hydrogen) atoms. The van der Waals surface area contributed by atoms with Crippen LogP contribution in [-0.4, -0.2) is 50.0 Å². The number of aryl methyl sites for hydroxylation is 2. The van der Waals surface area contributed by atoms with E-state index in [0.717, 1.165) is 27.6 Å². The van der Waals surface area contributed by atoms with E-state index < -0.39 is 33.9 Å². The summed E-state index contributed by atoms with van der Waals surface area (Å²) in [5, 5.41) is 0.926. The van der Waals surface area contributed by atoms with Crippen molar-refractivity contribution in [3.8, 4) is 0 Å². The van der Waals surface area contributed by atoms with Gasteiger partial charge in [-0.3, -0.25) is 9.59 Å². The molecule has 8 nitrogen and oxygen atoms in total. The Hall–Kier alpha value is -3.95. The second-order valence-corrected chi connectivity index (χ2v) is 11.6. The Labute approximate surface area is 227 Å². The maximum absolute atomic E-state index is 14.4. The zero-order valence-electron chi connectivity index (χ0n) is 22.2. The number of carbonyl (C=O) groups excluding carboxylic acids is 2. The van der Waals surface area contributed by atoms with Crippen LogP contribution in [0.5, 0.6) is 0 Å². The minimum absolute atomic E-state index is 0.0103. The van der Waals surface area contributed by atoms with Gasteiger partial charge in [0.25, 0.3) is 0 Å². The van der Waals surface area contributed by atoms with Gasteiger partial charge in [-0.15, -0.1) is 0 Å². The maximum Gasteiger partial charge on any atom is 0.322 e. The number of sulfonamides is 1. The normalized spacial score (nSPS) is 17.7. The fraction of sp³-hybridized carbons (Fsp3) is 0.267. The largest absolute Gasteiger partial charge is 0.468 e. The van der Waals surface area contributed by atoms with Crippen molar-refractivity contribution >= 4 is 32.9 Å². The van der Waals surface area contributed by atoms with E-state index in [9.17, 15) is 18.0 Å². The molecular weight excluding hydrogens is 516 g/mol. The van der Waals surface area contributed by atoms with Gasteiger partial charge in [0.2, 0.25) is 10.0 Å². The van der Waals surface area contributed by atoms with Gasteiger partial charge in [0, 0.05) is 36.1 Å². The highest BCUT2D eigenvalue weighted by atomic mass is 32.2. The first kappa shape index (κ1) is 26.6. The summed E-state index contributed by atoms with van der Waals surface area (Å²) in [5.74, 6) is -3.64. The molecule has 9 heteroatoms. The predicted molar refractivity (Wildman–Crippen MR) is 147 cm³/mol. The molecule has 1 aliphatic rings. The number of hydrogen-bond donors (Lipinski definition) is 0. The van der Waals surface area contributed by atoms with Crippen molar-refractivity contribution in [2.75, 3.05) is 20.8 Å². The first-order chi connectivity index (χ1) is 18.7. The summed E-state index contributed by atoms with van der Waals surface area (Å²) < 4.78 is 42.0. The molecule has 5 rings (SSSR count). The number of fused-ring (bicyclic) bond motifs is 3. The molecule has 0 unspecified atom stereocenters. The quantitative estimate of drug-likeness (QED) is 0.264. The molecule has 2 heterocycles. The van der Waals surface area contributed by atoms with Crippen LogP contribution in [0.3, 0.4) is 0 Å².